The molecule has 4 nitrogen and oxygen atoms in total. The zero-order chi connectivity index (χ0) is 9.47. The quantitative estimate of drug-likeness (QED) is 0.613. The Morgan fingerprint density at radius 3 is 2.23 bits per heavy atom. The van der Waals surface area contributed by atoms with Gasteiger partial charge in [0.2, 0.25) is 0 Å². The number of hydrogen-bond acceptors (Lipinski definition) is 4. The van der Waals surface area contributed by atoms with Gasteiger partial charge in [-0.15, -0.1) is 0 Å². The van der Waals surface area contributed by atoms with Crippen LogP contribution < -0.4 is 0 Å². The van der Waals surface area contributed by atoms with Crippen LogP contribution in [0, 0.1) is 11.8 Å². The van der Waals surface area contributed by atoms with Crippen LogP contribution in [0.15, 0.2) is 0 Å². The van der Waals surface area contributed by atoms with Crippen LogP contribution in [0.3, 0.4) is 0 Å². The van der Waals surface area contributed by atoms with Crippen LogP contribution in [-0.2, 0) is 19.0 Å². The third-order valence-corrected chi connectivity index (χ3v) is 3.39. The van der Waals surface area contributed by atoms with Crippen LogP contribution >= 0.6 is 0 Å². The maximum absolute atomic E-state index is 10.9. The summed E-state index contributed by atoms with van der Waals surface area (Å²) in [6.45, 7) is 1.54. The fourth-order valence-electron chi connectivity index (χ4n) is 2.26. The second-order valence-corrected chi connectivity index (χ2v) is 5.55. The molecule has 1 aliphatic carbocycles. The van der Waals surface area contributed by atoms with Gasteiger partial charge in [-0.2, -0.15) is 8.42 Å². The monoisotopic (exact) mass is 206 g/mol. The minimum absolute atomic E-state index is 0.103. The van der Waals surface area contributed by atoms with Crippen molar-refractivity contribution in [2.45, 2.75) is 18.9 Å². The van der Waals surface area contributed by atoms with E-state index in [0.717, 1.165) is 32.3 Å². The van der Waals surface area contributed by atoms with Gasteiger partial charge in [0.25, 0.3) is 10.1 Å². The van der Waals surface area contributed by atoms with E-state index in [1.165, 1.54) is 0 Å². The molecule has 0 aromatic carbocycles. The highest BCUT2D eigenvalue weighted by Gasteiger charge is 2.39. The molecule has 2 atom stereocenters. The van der Waals surface area contributed by atoms with Crippen LogP contribution in [0.5, 0.6) is 0 Å². The van der Waals surface area contributed by atoms with Gasteiger partial charge in [0.05, 0.1) is 12.4 Å². The van der Waals surface area contributed by atoms with E-state index in [-0.39, 0.29) is 6.10 Å². The summed E-state index contributed by atoms with van der Waals surface area (Å²) in [5, 5.41) is 0. The third kappa shape index (κ3) is 2.21. The maximum atomic E-state index is 10.9. The fraction of sp³-hybridized carbons (Fsp3) is 1.00. The van der Waals surface area contributed by atoms with E-state index >= 15 is 0 Å². The normalized spacial score (nSPS) is 39.3. The lowest BCUT2D eigenvalue weighted by molar-refractivity contribution is 0.141. The summed E-state index contributed by atoms with van der Waals surface area (Å²) in [5.74, 6) is 1.04. The van der Waals surface area contributed by atoms with Gasteiger partial charge in [-0.3, -0.25) is 4.18 Å². The van der Waals surface area contributed by atoms with Gasteiger partial charge < -0.3 is 4.74 Å². The largest absolute Gasteiger partial charge is 0.381 e. The molecule has 1 aliphatic heterocycles. The third-order valence-electron chi connectivity index (χ3n) is 2.77. The Morgan fingerprint density at radius 1 is 1.23 bits per heavy atom. The first-order valence-electron chi connectivity index (χ1n) is 4.50. The number of rotatable bonds is 2. The Labute approximate surface area is 78.3 Å². The highest BCUT2D eigenvalue weighted by atomic mass is 32.2. The molecule has 0 amide bonds. The molecule has 0 radical (unpaired) electrons. The number of hydrogen-bond donors (Lipinski definition) is 0. The zero-order valence-corrected chi connectivity index (χ0v) is 8.42. The summed E-state index contributed by atoms with van der Waals surface area (Å²) in [7, 11) is -3.28. The van der Waals surface area contributed by atoms with Gasteiger partial charge >= 0.3 is 0 Å². The fourth-order valence-corrected chi connectivity index (χ4v) is 2.91. The summed E-state index contributed by atoms with van der Waals surface area (Å²) in [6.07, 6.45) is 2.67. The molecule has 13 heavy (non-hydrogen) atoms. The van der Waals surface area contributed by atoms with Crippen molar-refractivity contribution in [3.63, 3.8) is 0 Å². The van der Waals surface area contributed by atoms with Crippen molar-refractivity contribution in [3.05, 3.63) is 0 Å². The minimum Gasteiger partial charge on any atom is -0.381 e. The second kappa shape index (κ2) is 3.22. The van der Waals surface area contributed by atoms with Crippen molar-refractivity contribution in [1.29, 1.82) is 0 Å². The van der Waals surface area contributed by atoms with Gasteiger partial charge in [-0.1, -0.05) is 0 Å². The lowest BCUT2D eigenvalue weighted by Gasteiger charge is -2.09. The van der Waals surface area contributed by atoms with Crippen LogP contribution in [0.4, 0.5) is 0 Å². The highest BCUT2D eigenvalue weighted by molar-refractivity contribution is 7.86. The Morgan fingerprint density at radius 2 is 1.77 bits per heavy atom. The van der Waals surface area contributed by atoms with Gasteiger partial charge in [-0.25, -0.2) is 0 Å². The average molecular weight is 206 g/mol. The lowest BCUT2D eigenvalue weighted by atomic mass is 10.0. The van der Waals surface area contributed by atoms with Crippen LogP contribution in [0.2, 0.25) is 0 Å². The van der Waals surface area contributed by atoms with Gasteiger partial charge in [0, 0.05) is 13.2 Å². The molecule has 2 rings (SSSR count). The molecule has 0 spiro atoms. The topological polar surface area (TPSA) is 52.6 Å². The van der Waals surface area contributed by atoms with E-state index < -0.39 is 10.1 Å². The molecule has 2 fully saturated rings. The zero-order valence-electron chi connectivity index (χ0n) is 7.60. The van der Waals surface area contributed by atoms with Gasteiger partial charge in [0.15, 0.2) is 0 Å². The van der Waals surface area contributed by atoms with Gasteiger partial charge in [-0.05, 0) is 24.7 Å². The molecular weight excluding hydrogens is 192 g/mol. The van der Waals surface area contributed by atoms with Crippen LogP contribution in [0.25, 0.3) is 0 Å². The summed E-state index contributed by atoms with van der Waals surface area (Å²) >= 11 is 0. The van der Waals surface area contributed by atoms with Crippen molar-refractivity contribution >= 4 is 10.1 Å². The predicted molar refractivity (Wildman–Crippen MR) is 46.7 cm³/mol. The first kappa shape index (κ1) is 9.43. The van der Waals surface area contributed by atoms with Crippen molar-refractivity contribution < 1.29 is 17.3 Å². The molecular formula is C8H14O4S. The van der Waals surface area contributed by atoms with E-state index in [2.05, 4.69) is 0 Å². The van der Waals surface area contributed by atoms with E-state index in [4.69, 9.17) is 8.92 Å². The van der Waals surface area contributed by atoms with Crippen molar-refractivity contribution in [2.75, 3.05) is 19.5 Å². The van der Waals surface area contributed by atoms with E-state index in [0.29, 0.717) is 11.8 Å². The minimum atomic E-state index is -3.28. The summed E-state index contributed by atoms with van der Waals surface area (Å²) in [5.41, 5.74) is 0. The number of fused-ring (bicyclic) bond motifs is 1. The van der Waals surface area contributed by atoms with Crippen molar-refractivity contribution in [1.82, 2.24) is 0 Å². The molecule has 2 unspecified atom stereocenters. The summed E-state index contributed by atoms with van der Waals surface area (Å²) in [4.78, 5) is 0. The Kier molecular flexibility index (Phi) is 2.33. The molecule has 76 valence electrons. The molecule has 0 bridgehead atoms. The van der Waals surface area contributed by atoms with E-state index in [9.17, 15) is 8.42 Å². The summed E-state index contributed by atoms with van der Waals surface area (Å²) < 4.78 is 31.9. The molecule has 5 heteroatoms. The van der Waals surface area contributed by atoms with Crippen LogP contribution in [-0.4, -0.2) is 34.0 Å². The summed E-state index contributed by atoms with van der Waals surface area (Å²) in [6, 6.07) is 0. The highest BCUT2D eigenvalue weighted by Crippen LogP contribution is 2.38. The molecule has 0 aromatic rings. The molecule has 1 saturated carbocycles. The Hall–Kier alpha value is -0.130. The van der Waals surface area contributed by atoms with Crippen LogP contribution in [0.1, 0.15) is 12.8 Å². The van der Waals surface area contributed by atoms with Gasteiger partial charge in [0.1, 0.15) is 0 Å². The first-order valence-corrected chi connectivity index (χ1v) is 6.32. The SMILES string of the molecule is CS(=O)(=O)OC1CC2COCC2C1. The van der Waals surface area contributed by atoms with Crippen molar-refractivity contribution in [2.24, 2.45) is 11.8 Å². The Balaban J connectivity index is 1.92. The van der Waals surface area contributed by atoms with Crippen molar-refractivity contribution in [3.8, 4) is 0 Å². The smallest absolute Gasteiger partial charge is 0.264 e. The average Bonchev–Trinajstić information content (AvgIpc) is 2.40. The maximum Gasteiger partial charge on any atom is 0.264 e. The lowest BCUT2D eigenvalue weighted by Crippen LogP contribution is -2.15. The van der Waals surface area contributed by atoms with E-state index in [1.54, 1.807) is 0 Å². The molecule has 1 saturated heterocycles. The Bertz CT molecular complexity index is 273. The predicted octanol–water partition coefficient (Wildman–Crippen LogP) is 0.388. The second-order valence-electron chi connectivity index (χ2n) is 3.95. The molecule has 2 aliphatic rings. The molecule has 0 aromatic heterocycles. The van der Waals surface area contributed by atoms with E-state index in [1.807, 2.05) is 0 Å². The first-order chi connectivity index (χ1) is 6.04. The molecule has 0 N–H and O–H groups in total. The molecule has 1 heterocycles. The number of ether oxygens (including phenoxy) is 1. The standard InChI is InChI=1S/C8H14O4S/c1-13(9,10)12-8-2-6-4-11-5-7(6)3-8/h6-8H,2-5H2,1H3.